The molecule has 27 heavy (non-hydrogen) atoms. The van der Waals surface area contributed by atoms with Crippen molar-refractivity contribution in [1.82, 2.24) is 10.6 Å². The van der Waals surface area contributed by atoms with E-state index >= 15 is 0 Å². The van der Waals surface area contributed by atoms with Gasteiger partial charge in [-0.25, -0.2) is 4.99 Å². The molecule has 1 unspecified atom stereocenters. The topological polar surface area (TPSA) is 95.9 Å². The van der Waals surface area contributed by atoms with Crippen LogP contribution in [0.5, 0.6) is 0 Å². The minimum Gasteiger partial charge on any atom is -0.454 e. The Hall–Kier alpha value is -2.67. The van der Waals surface area contributed by atoms with Crippen molar-refractivity contribution in [2.75, 3.05) is 24.5 Å². The molecule has 1 fully saturated rings. The summed E-state index contributed by atoms with van der Waals surface area (Å²) in [6.07, 6.45) is 1.00. The molecular formula is C19H24ClN5O2. The van der Waals surface area contributed by atoms with E-state index in [0.29, 0.717) is 18.3 Å². The largest absolute Gasteiger partial charge is 0.454 e. The number of nitrogens with one attached hydrogen (secondary N) is 2. The number of carbonyl (C=O) groups is 1. The van der Waals surface area contributed by atoms with Crippen molar-refractivity contribution in [2.24, 2.45) is 10.7 Å². The molecule has 1 aromatic carbocycles. The summed E-state index contributed by atoms with van der Waals surface area (Å²) >= 11 is 6.10. The maximum atomic E-state index is 11.1. The number of nitrogens with two attached hydrogens (primary N) is 1. The average Bonchev–Trinajstić information content (AvgIpc) is 3.29. The molecule has 8 heteroatoms. The molecule has 0 saturated carbocycles. The summed E-state index contributed by atoms with van der Waals surface area (Å²) in [6.45, 7) is 4.92. The van der Waals surface area contributed by atoms with Crippen LogP contribution >= 0.6 is 11.6 Å². The van der Waals surface area contributed by atoms with Crippen LogP contribution in [0.4, 0.5) is 5.69 Å². The van der Waals surface area contributed by atoms with Crippen LogP contribution in [-0.4, -0.2) is 37.5 Å². The minimum atomic E-state index is -0.581. The van der Waals surface area contributed by atoms with Gasteiger partial charge in [0.2, 0.25) is 0 Å². The number of carbonyl (C=O) groups excluding carboxylic acids is 1. The number of furan rings is 1. The number of hydrogen-bond donors (Lipinski definition) is 3. The van der Waals surface area contributed by atoms with Crippen LogP contribution in [0.15, 0.2) is 45.8 Å². The predicted molar refractivity (Wildman–Crippen MR) is 107 cm³/mol. The van der Waals surface area contributed by atoms with Gasteiger partial charge in [0.15, 0.2) is 11.7 Å². The van der Waals surface area contributed by atoms with Gasteiger partial charge in [0.25, 0.3) is 5.91 Å². The molecule has 1 atom stereocenters. The van der Waals surface area contributed by atoms with Gasteiger partial charge in [-0.1, -0.05) is 17.7 Å². The number of anilines is 1. The van der Waals surface area contributed by atoms with Gasteiger partial charge in [-0.3, -0.25) is 4.79 Å². The summed E-state index contributed by atoms with van der Waals surface area (Å²) in [6, 6.07) is 11.5. The molecule has 2 aromatic rings. The van der Waals surface area contributed by atoms with Crippen molar-refractivity contribution in [3.8, 4) is 0 Å². The number of guanidine groups is 1. The van der Waals surface area contributed by atoms with Gasteiger partial charge < -0.3 is 25.7 Å². The van der Waals surface area contributed by atoms with E-state index in [2.05, 4.69) is 26.6 Å². The van der Waals surface area contributed by atoms with Crippen LogP contribution in [0.3, 0.4) is 0 Å². The highest BCUT2D eigenvalue weighted by atomic mass is 35.5. The van der Waals surface area contributed by atoms with Crippen molar-refractivity contribution < 1.29 is 9.21 Å². The van der Waals surface area contributed by atoms with Crippen molar-refractivity contribution in [3.05, 3.63) is 52.9 Å². The van der Waals surface area contributed by atoms with E-state index in [1.54, 1.807) is 12.1 Å². The maximum absolute atomic E-state index is 11.1. The number of rotatable bonds is 6. The van der Waals surface area contributed by atoms with Crippen LogP contribution < -0.4 is 21.3 Å². The van der Waals surface area contributed by atoms with Crippen molar-refractivity contribution in [3.63, 3.8) is 0 Å². The third kappa shape index (κ3) is 5.17. The van der Waals surface area contributed by atoms with E-state index in [0.717, 1.165) is 36.8 Å². The highest BCUT2D eigenvalue weighted by molar-refractivity contribution is 6.30. The Kier molecular flexibility index (Phi) is 6.24. The molecule has 1 aliphatic rings. The molecule has 3 rings (SSSR count). The third-order valence-corrected chi connectivity index (χ3v) is 4.58. The van der Waals surface area contributed by atoms with Crippen LogP contribution in [-0.2, 0) is 6.54 Å². The zero-order chi connectivity index (χ0) is 19.2. The lowest BCUT2D eigenvalue weighted by Gasteiger charge is -2.20. The zero-order valence-corrected chi connectivity index (χ0v) is 16.0. The second-order valence-corrected chi connectivity index (χ2v) is 6.82. The Labute approximate surface area is 163 Å². The van der Waals surface area contributed by atoms with Crippen molar-refractivity contribution in [2.45, 2.75) is 25.9 Å². The minimum absolute atomic E-state index is 0.145. The van der Waals surface area contributed by atoms with Crippen LogP contribution in [0.2, 0.25) is 5.02 Å². The Morgan fingerprint density at radius 2 is 2.26 bits per heavy atom. The SMILES string of the molecule is CCNC(=NCc1ccc(C(N)=O)o1)NC1CCN(c2cccc(Cl)c2)C1. The zero-order valence-electron chi connectivity index (χ0n) is 15.2. The number of benzene rings is 1. The molecule has 144 valence electrons. The highest BCUT2D eigenvalue weighted by Gasteiger charge is 2.23. The van der Waals surface area contributed by atoms with Crippen LogP contribution in [0.1, 0.15) is 29.7 Å². The Balaban J connectivity index is 1.59. The first-order valence-corrected chi connectivity index (χ1v) is 9.37. The number of halogens is 1. The summed E-state index contributed by atoms with van der Waals surface area (Å²) in [5, 5.41) is 7.44. The Bertz CT molecular complexity index is 820. The first-order chi connectivity index (χ1) is 13.0. The van der Waals surface area contributed by atoms with E-state index < -0.39 is 5.91 Å². The predicted octanol–water partition coefficient (Wildman–Crippen LogP) is 2.37. The van der Waals surface area contributed by atoms with E-state index in [4.69, 9.17) is 21.8 Å². The summed E-state index contributed by atoms with van der Waals surface area (Å²) in [7, 11) is 0. The van der Waals surface area contributed by atoms with Gasteiger partial charge in [0.1, 0.15) is 12.3 Å². The van der Waals surface area contributed by atoms with Gasteiger partial charge in [0, 0.05) is 36.4 Å². The molecule has 0 radical (unpaired) electrons. The lowest BCUT2D eigenvalue weighted by Crippen LogP contribution is -2.44. The number of hydrogen-bond acceptors (Lipinski definition) is 4. The lowest BCUT2D eigenvalue weighted by molar-refractivity contribution is 0.0972. The molecule has 0 aliphatic carbocycles. The van der Waals surface area contributed by atoms with Gasteiger partial charge >= 0.3 is 0 Å². The molecule has 1 saturated heterocycles. The summed E-state index contributed by atoms with van der Waals surface area (Å²) in [5.74, 6) is 0.869. The fraction of sp³-hybridized carbons (Fsp3) is 0.368. The fourth-order valence-corrected chi connectivity index (χ4v) is 3.24. The molecule has 0 spiro atoms. The van der Waals surface area contributed by atoms with E-state index in [1.807, 2.05) is 25.1 Å². The van der Waals surface area contributed by atoms with Gasteiger partial charge in [-0.05, 0) is 43.7 Å². The van der Waals surface area contributed by atoms with Crippen molar-refractivity contribution in [1.29, 1.82) is 0 Å². The van der Waals surface area contributed by atoms with Crippen LogP contribution in [0.25, 0.3) is 0 Å². The Morgan fingerprint density at radius 1 is 1.41 bits per heavy atom. The standard InChI is InChI=1S/C19H24ClN5O2/c1-2-22-19(23-11-16-6-7-17(27-16)18(21)26)24-14-8-9-25(12-14)15-5-3-4-13(20)10-15/h3-7,10,14H,2,8-9,11-12H2,1H3,(H2,21,26)(H2,22,23,24). The summed E-state index contributed by atoms with van der Waals surface area (Å²) in [4.78, 5) is 18.0. The fourth-order valence-electron chi connectivity index (χ4n) is 3.05. The van der Waals surface area contributed by atoms with Crippen molar-refractivity contribution >= 4 is 29.2 Å². The quantitative estimate of drug-likeness (QED) is 0.520. The smallest absolute Gasteiger partial charge is 0.284 e. The third-order valence-electron chi connectivity index (χ3n) is 4.34. The molecule has 1 amide bonds. The highest BCUT2D eigenvalue weighted by Crippen LogP contribution is 2.23. The molecule has 7 nitrogen and oxygen atoms in total. The molecule has 2 heterocycles. The number of nitrogens with zero attached hydrogens (tertiary/aromatic N) is 2. The number of primary amides is 1. The van der Waals surface area contributed by atoms with Gasteiger partial charge in [-0.2, -0.15) is 0 Å². The van der Waals surface area contributed by atoms with Crippen LogP contribution in [0, 0.1) is 0 Å². The molecule has 1 aliphatic heterocycles. The van der Waals surface area contributed by atoms with Gasteiger partial charge in [0.05, 0.1) is 0 Å². The Morgan fingerprint density at radius 3 is 2.96 bits per heavy atom. The first kappa shape index (κ1) is 19.1. The maximum Gasteiger partial charge on any atom is 0.284 e. The lowest BCUT2D eigenvalue weighted by atomic mass is 10.2. The van der Waals surface area contributed by atoms with E-state index in [1.165, 1.54) is 0 Å². The first-order valence-electron chi connectivity index (χ1n) is 8.99. The summed E-state index contributed by atoms with van der Waals surface area (Å²) < 4.78 is 5.37. The van der Waals surface area contributed by atoms with Gasteiger partial charge in [-0.15, -0.1) is 0 Å². The molecule has 4 N–H and O–H groups in total. The van der Waals surface area contributed by atoms with E-state index in [9.17, 15) is 4.79 Å². The number of amides is 1. The number of aliphatic imine (C=N–C) groups is 1. The molecule has 1 aromatic heterocycles. The normalized spacial score (nSPS) is 17.2. The second kappa shape index (κ2) is 8.81. The average molecular weight is 390 g/mol. The molecule has 0 bridgehead atoms. The second-order valence-electron chi connectivity index (χ2n) is 6.38. The molecular weight excluding hydrogens is 366 g/mol. The summed E-state index contributed by atoms with van der Waals surface area (Å²) in [5.41, 5.74) is 6.33. The van der Waals surface area contributed by atoms with E-state index in [-0.39, 0.29) is 11.8 Å². The monoisotopic (exact) mass is 389 g/mol.